The second-order valence-corrected chi connectivity index (χ2v) is 31.9. The van der Waals surface area contributed by atoms with E-state index in [2.05, 4.69) is 368 Å². The molecule has 0 amide bonds. The highest BCUT2D eigenvalue weighted by molar-refractivity contribution is 7.28. The number of pyridine rings is 4. The van der Waals surface area contributed by atoms with Crippen molar-refractivity contribution in [3.05, 3.63) is 312 Å². The quantitative estimate of drug-likeness (QED) is 0.156. The lowest BCUT2D eigenvalue weighted by molar-refractivity contribution is -0.659. The molecule has 0 unspecified atom stereocenters. The average Bonchev–Trinajstić information content (AvgIpc) is 1.61. The number of hydrogen-bond acceptors (Lipinski definition) is 4. The smallest absolute Gasteiger partial charge is 0.200 e. The van der Waals surface area contributed by atoms with Crippen LogP contribution in [0.15, 0.2) is 274 Å². The van der Waals surface area contributed by atoms with Gasteiger partial charge >= 0.3 is 0 Å². The lowest BCUT2D eigenvalue weighted by Gasteiger charge is -2.07. The Morgan fingerprint density at radius 3 is 0.925 bits per heavy atom. The standard InChI is InChI=1S/3C24H20NS.C23H18NS.4CH4/c1-15-8-4-6-10-18(15)22-24-21(16(2)14-25(22)3)20-13-12-17-9-5-7-11-19(17)23(20)26-24;1-15-8-10-18(16(2)14-15)22-24-21(12-13-25(22)3)20-11-9-17-6-4-5-7-19(17)23(20)26-24;1-15-8-10-19-17(14-15)9-11-20-21-12-13-25(3)22(24(21)26-23(19)20)18-7-5-4-6-16(18)2;1-15-7-3-5-9-17(15)21-23-20(13-14-24(21)2)19-12-11-16-8-4-6-10-18(16)22(19)25-23;;;;/h3*4-14H,1-3H3;3-14H,1-2H3;4*1H4/q4*+1;;;;. The molecule has 0 spiro atoms. The van der Waals surface area contributed by atoms with Crippen LogP contribution in [-0.4, -0.2) is 0 Å². The molecule has 12 aromatic carbocycles. The second kappa shape index (κ2) is 30.2. The topological polar surface area (TPSA) is 15.5 Å². The summed E-state index contributed by atoms with van der Waals surface area (Å²) in [6.45, 7) is 15.3. The van der Waals surface area contributed by atoms with Crippen molar-refractivity contribution in [2.24, 2.45) is 28.2 Å². The van der Waals surface area contributed by atoms with Crippen LogP contribution in [0.5, 0.6) is 0 Å². The van der Waals surface area contributed by atoms with Crippen LogP contribution in [0.3, 0.4) is 0 Å². The van der Waals surface area contributed by atoms with Gasteiger partial charge in [-0.25, -0.2) is 0 Å². The third-order valence-corrected chi connectivity index (χ3v) is 26.0. The maximum atomic E-state index is 2.30. The molecule has 107 heavy (non-hydrogen) atoms. The Morgan fingerprint density at radius 1 is 0.215 bits per heavy atom. The molecule has 20 rings (SSSR count). The molecule has 0 aliphatic heterocycles. The van der Waals surface area contributed by atoms with Gasteiger partial charge in [-0.1, -0.05) is 247 Å². The third-order valence-electron chi connectivity index (χ3n) is 21.0. The molecular formula is C99H94N4S4+4. The first kappa shape index (κ1) is 74.4. The summed E-state index contributed by atoms with van der Waals surface area (Å²) in [6.07, 6.45) is 8.84. The van der Waals surface area contributed by atoms with Crippen LogP contribution in [0.1, 0.15) is 68.7 Å². The van der Waals surface area contributed by atoms with E-state index < -0.39 is 0 Å². The van der Waals surface area contributed by atoms with E-state index in [0.29, 0.717) is 0 Å². The van der Waals surface area contributed by atoms with Gasteiger partial charge < -0.3 is 0 Å². The predicted molar refractivity (Wildman–Crippen MR) is 474 cm³/mol. The number of hydrogen-bond donors (Lipinski definition) is 0. The fraction of sp³-hybridized carbons (Fsp3) is 0.152. The number of aromatic nitrogens is 4. The van der Waals surface area contributed by atoms with E-state index in [-0.39, 0.29) is 29.7 Å². The minimum Gasteiger partial charge on any atom is -0.200 e. The Kier molecular flexibility index (Phi) is 21.0. The number of rotatable bonds is 4. The summed E-state index contributed by atoms with van der Waals surface area (Å²) in [5.74, 6) is 0. The Balaban J connectivity index is 0.000000125. The summed E-state index contributed by atoms with van der Waals surface area (Å²) >= 11 is 7.68. The molecule has 8 aromatic heterocycles. The van der Waals surface area contributed by atoms with E-state index in [1.807, 2.05) is 45.3 Å². The van der Waals surface area contributed by atoms with Gasteiger partial charge in [0.1, 0.15) is 47.0 Å². The largest absolute Gasteiger partial charge is 0.230 e. The zero-order valence-electron chi connectivity index (χ0n) is 59.9. The molecular weight excluding hydrogens is 1370 g/mol. The van der Waals surface area contributed by atoms with Gasteiger partial charge in [-0.2, -0.15) is 18.3 Å². The highest BCUT2D eigenvalue weighted by Gasteiger charge is 2.27. The molecule has 0 atom stereocenters. The summed E-state index contributed by atoms with van der Waals surface area (Å²) in [5, 5.41) is 21.5. The molecule has 8 heteroatoms. The molecule has 0 radical (unpaired) electrons. The van der Waals surface area contributed by atoms with Crippen molar-refractivity contribution in [3.63, 3.8) is 0 Å². The number of benzene rings is 12. The van der Waals surface area contributed by atoms with Gasteiger partial charge in [0.05, 0.1) is 22.3 Å². The molecule has 20 aromatic rings. The maximum Gasteiger partial charge on any atom is 0.230 e. The molecule has 0 saturated heterocycles. The third kappa shape index (κ3) is 13.0. The van der Waals surface area contributed by atoms with Crippen molar-refractivity contribution in [2.45, 2.75) is 78.2 Å². The lowest BCUT2D eigenvalue weighted by Crippen LogP contribution is -2.31. The average molecular weight is 1470 g/mol. The Labute approximate surface area is 646 Å². The highest BCUT2D eigenvalue weighted by atomic mass is 32.1. The van der Waals surface area contributed by atoms with Crippen molar-refractivity contribution in [1.29, 1.82) is 0 Å². The number of aryl methyl sites for hydroxylation is 11. The van der Waals surface area contributed by atoms with Gasteiger partial charge in [0, 0.05) is 85.7 Å². The summed E-state index contributed by atoms with van der Waals surface area (Å²) in [7, 11) is 8.60. The van der Waals surface area contributed by atoms with Gasteiger partial charge in [0.2, 0.25) is 22.8 Å². The van der Waals surface area contributed by atoms with Gasteiger partial charge in [-0.15, -0.1) is 45.3 Å². The van der Waals surface area contributed by atoms with Crippen molar-refractivity contribution in [1.82, 2.24) is 0 Å². The minimum absolute atomic E-state index is 0. The SMILES string of the molecule is C.C.C.C.Cc1ccc(-c2c3sc4c5ccccc5ccc4c3cc[n+]2C)c(C)c1.Cc1ccc2c(ccc3c4cc[n+](C)c(-c5ccccc5C)c4sc23)c1.Cc1ccccc1-c1c2sc3c4ccccc4ccc3c2c(C)c[n+]1C.Cc1ccccc1-c1c2sc3c4ccccc4ccc3c2cc[n+]1C. The molecule has 0 bridgehead atoms. The van der Waals surface area contributed by atoms with Crippen molar-refractivity contribution in [3.8, 4) is 45.0 Å². The first-order valence-corrected chi connectivity index (χ1v) is 38.6. The van der Waals surface area contributed by atoms with E-state index >= 15 is 0 Å². The van der Waals surface area contributed by atoms with Crippen molar-refractivity contribution < 1.29 is 18.3 Å². The van der Waals surface area contributed by atoms with Crippen LogP contribution >= 0.6 is 45.3 Å². The fourth-order valence-electron chi connectivity index (χ4n) is 15.8. The first-order valence-electron chi connectivity index (χ1n) is 35.3. The zero-order chi connectivity index (χ0) is 70.5. The highest BCUT2D eigenvalue weighted by Crippen LogP contribution is 2.47. The molecule has 8 heterocycles. The van der Waals surface area contributed by atoms with E-state index in [0.717, 1.165) is 0 Å². The fourth-order valence-corrected chi connectivity index (χ4v) is 21.6. The number of fused-ring (bicyclic) bond motifs is 20. The second-order valence-electron chi connectivity index (χ2n) is 27.9. The normalized spacial score (nSPS) is 11.2. The molecule has 0 aliphatic rings. The van der Waals surface area contributed by atoms with Crippen LogP contribution in [0, 0.1) is 48.5 Å². The molecule has 0 fully saturated rings. The first-order chi connectivity index (χ1) is 50.1. The monoisotopic (exact) mass is 1470 g/mol. The van der Waals surface area contributed by atoms with E-state index in [9.17, 15) is 0 Å². The van der Waals surface area contributed by atoms with Crippen molar-refractivity contribution in [2.75, 3.05) is 0 Å². The van der Waals surface area contributed by atoms with Gasteiger partial charge in [0.25, 0.3) is 0 Å². The van der Waals surface area contributed by atoms with Gasteiger partial charge in [0.15, 0.2) is 24.8 Å². The van der Waals surface area contributed by atoms with Crippen LogP contribution in [-0.2, 0) is 28.2 Å². The Hall–Kier alpha value is -10.8. The van der Waals surface area contributed by atoms with Gasteiger partial charge in [-0.05, 0) is 138 Å². The van der Waals surface area contributed by atoms with Crippen LogP contribution in [0.2, 0.25) is 0 Å². The van der Waals surface area contributed by atoms with E-state index in [1.165, 1.54) is 208 Å². The van der Waals surface area contributed by atoms with Crippen LogP contribution in [0.25, 0.3) is 169 Å². The summed E-state index contributed by atoms with van der Waals surface area (Å²) in [6, 6.07) is 90.5. The Morgan fingerprint density at radius 2 is 0.514 bits per heavy atom. The predicted octanol–water partition coefficient (Wildman–Crippen LogP) is 27.5. The van der Waals surface area contributed by atoms with Crippen molar-refractivity contribution >= 4 is 169 Å². The summed E-state index contributed by atoms with van der Waals surface area (Å²) in [5.41, 5.74) is 19.7. The number of nitrogens with zero attached hydrogens (tertiary/aromatic N) is 4. The van der Waals surface area contributed by atoms with Gasteiger partial charge in [-0.3, -0.25) is 0 Å². The van der Waals surface area contributed by atoms with Crippen LogP contribution in [0.4, 0.5) is 0 Å². The summed E-state index contributed by atoms with van der Waals surface area (Å²) < 4.78 is 20.1. The molecule has 0 saturated carbocycles. The maximum absolute atomic E-state index is 2.30. The lowest BCUT2D eigenvalue weighted by atomic mass is 10.0. The molecule has 0 N–H and O–H groups in total. The van der Waals surface area contributed by atoms with E-state index in [1.54, 1.807) is 0 Å². The number of thiophene rings is 4. The molecule has 4 nitrogen and oxygen atoms in total. The van der Waals surface area contributed by atoms with E-state index in [4.69, 9.17) is 0 Å². The van der Waals surface area contributed by atoms with Crippen LogP contribution < -0.4 is 18.3 Å². The Bertz CT molecular complexity index is 6840. The summed E-state index contributed by atoms with van der Waals surface area (Å²) in [4.78, 5) is 0. The zero-order valence-corrected chi connectivity index (χ0v) is 63.2. The minimum atomic E-state index is 0. The molecule has 530 valence electrons. The molecule has 0 aliphatic carbocycles.